The highest BCUT2D eigenvalue weighted by Gasteiger charge is 2.13. The number of hydrogen-bond donors (Lipinski definition) is 0. The molecule has 1 aliphatic rings. The molecule has 0 heterocycles. The number of carbonyl (C=O) groups is 1. The zero-order valence-corrected chi connectivity index (χ0v) is 10.7. The Bertz CT molecular complexity index is 215. The Morgan fingerprint density at radius 1 is 1.29 bits per heavy atom. The van der Waals surface area contributed by atoms with Crippen LogP contribution >= 0.6 is 22.6 Å². The predicted octanol–water partition coefficient (Wildman–Crippen LogP) is 3.45. The van der Waals surface area contributed by atoms with Gasteiger partial charge in [-0.3, -0.25) is 0 Å². The Morgan fingerprint density at radius 3 is 2.36 bits per heavy atom. The van der Waals surface area contributed by atoms with E-state index in [0.717, 1.165) is 3.58 Å². The number of halogens is 1. The standard InChI is InChI=1S/C11H17IO2/c1-14-11(13)10(12)8-9-6-4-2-3-5-7-9/h8-9H,2-7H2,1H3. The molecule has 80 valence electrons. The normalized spacial score (nSPS) is 20.3. The molecule has 0 aliphatic heterocycles. The molecule has 1 aliphatic carbocycles. The fraction of sp³-hybridized carbons (Fsp3) is 0.727. The summed E-state index contributed by atoms with van der Waals surface area (Å²) in [5.74, 6) is 0.387. The number of esters is 1. The van der Waals surface area contributed by atoms with E-state index in [-0.39, 0.29) is 5.97 Å². The number of rotatable bonds is 2. The summed E-state index contributed by atoms with van der Waals surface area (Å²) in [6, 6.07) is 0. The molecule has 0 atom stereocenters. The first-order valence-electron chi connectivity index (χ1n) is 5.19. The molecule has 1 saturated carbocycles. The lowest BCUT2D eigenvalue weighted by Gasteiger charge is -2.08. The van der Waals surface area contributed by atoms with Gasteiger partial charge in [0.2, 0.25) is 0 Å². The van der Waals surface area contributed by atoms with Crippen LogP contribution in [-0.4, -0.2) is 13.1 Å². The van der Waals surface area contributed by atoms with Crippen molar-refractivity contribution in [1.82, 2.24) is 0 Å². The molecule has 0 aromatic rings. The summed E-state index contributed by atoms with van der Waals surface area (Å²) < 4.78 is 5.40. The minimum absolute atomic E-state index is 0.199. The Morgan fingerprint density at radius 2 is 1.86 bits per heavy atom. The summed E-state index contributed by atoms with van der Waals surface area (Å²) in [6.07, 6.45) is 9.82. The lowest BCUT2D eigenvalue weighted by molar-refractivity contribution is -0.135. The minimum Gasteiger partial charge on any atom is -0.465 e. The van der Waals surface area contributed by atoms with Gasteiger partial charge in [0.15, 0.2) is 0 Å². The maximum Gasteiger partial charge on any atom is 0.343 e. The largest absolute Gasteiger partial charge is 0.465 e. The van der Waals surface area contributed by atoms with Crippen molar-refractivity contribution in [2.75, 3.05) is 7.11 Å². The number of carbonyl (C=O) groups excluding carboxylic acids is 1. The zero-order valence-electron chi connectivity index (χ0n) is 8.59. The van der Waals surface area contributed by atoms with Gasteiger partial charge >= 0.3 is 5.97 Å². The van der Waals surface area contributed by atoms with Crippen molar-refractivity contribution in [3.05, 3.63) is 9.66 Å². The molecular formula is C11H17IO2. The van der Waals surface area contributed by atoms with Crippen molar-refractivity contribution in [2.24, 2.45) is 5.92 Å². The molecule has 0 N–H and O–H groups in total. The molecule has 0 aromatic heterocycles. The summed E-state index contributed by atoms with van der Waals surface area (Å²) in [4.78, 5) is 11.2. The minimum atomic E-state index is -0.199. The van der Waals surface area contributed by atoms with Gasteiger partial charge in [-0.1, -0.05) is 31.8 Å². The maximum absolute atomic E-state index is 11.2. The van der Waals surface area contributed by atoms with E-state index >= 15 is 0 Å². The molecule has 1 fully saturated rings. The van der Waals surface area contributed by atoms with Crippen LogP contribution in [0.25, 0.3) is 0 Å². The van der Waals surface area contributed by atoms with Gasteiger partial charge in [0.1, 0.15) is 0 Å². The average molecular weight is 308 g/mol. The number of allylic oxidation sites excluding steroid dienone is 1. The van der Waals surface area contributed by atoms with Gasteiger partial charge < -0.3 is 4.74 Å². The van der Waals surface area contributed by atoms with Crippen molar-refractivity contribution in [2.45, 2.75) is 38.5 Å². The van der Waals surface area contributed by atoms with Crippen molar-refractivity contribution in [3.8, 4) is 0 Å². The molecule has 1 rings (SSSR count). The van der Waals surface area contributed by atoms with Gasteiger partial charge in [-0.05, 0) is 41.4 Å². The van der Waals surface area contributed by atoms with E-state index in [1.54, 1.807) is 0 Å². The Balaban J connectivity index is 2.50. The molecule has 0 aromatic carbocycles. The zero-order chi connectivity index (χ0) is 10.4. The summed E-state index contributed by atoms with van der Waals surface area (Å²) in [6.45, 7) is 0. The van der Waals surface area contributed by atoms with Gasteiger partial charge in [0.05, 0.1) is 10.7 Å². The summed E-state index contributed by atoms with van der Waals surface area (Å²) in [7, 11) is 1.43. The van der Waals surface area contributed by atoms with Crippen LogP contribution in [0.4, 0.5) is 0 Å². The summed E-state index contributed by atoms with van der Waals surface area (Å²) in [5.41, 5.74) is 0. The van der Waals surface area contributed by atoms with Crippen LogP contribution in [0.3, 0.4) is 0 Å². The van der Waals surface area contributed by atoms with Gasteiger partial charge in [0, 0.05) is 0 Å². The SMILES string of the molecule is COC(=O)C(I)=CC1CCCCCC1. The first-order valence-corrected chi connectivity index (χ1v) is 6.27. The van der Waals surface area contributed by atoms with Crippen molar-refractivity contribution in [3.63, 3.8) is 0 Å². The first-order chi connectivity index (χ1) is 6.74. The van der Waals surface area contributed by atoms with Crippen LogP contribution in [-0.2, 0) is 9.53 Å². The molecule has 0 spiro atoms. The van der Waals surface area contributed by atoms with E-state index in [1.807, 2.05) is 0 Å². The highest BCUT2D eigenvalue weighted by molar-refractivity contribution is 14.1. The van der Waals surface area contributed by atoms with Gasteiger partial charge in [-0.25, -0.2) is 4.79 Å². The molecular weight excluding hydrogens is 291 g/mol. The maximum atomic E-state index is 11.2. The fourth-order valence-corrected chi connectivity index (χ4v) is 2.58. The molecule has 0 saturated heterocycles. The summed E-state index contributed by atoms with van der Waals surface area (Å²) in [5, 5.41) is 0. The third-order valence-corrected chi connectivity index (χ3v) is 3.46. The number of hydrogen-bond acceptors (Lipinski definition) is 2. The first kappa shape index (κ1) is 12.0. The fourth-order valence-electron chi connectivity index (χ4n) is 1.85. The second-order valence-corrected chi connectivity index (χ2v) is 4.92. The molecule has 0 radical (unpaired) electrons. The van der Waals surface area contributed by atoms with E-state index < -0.39 is 0 Å². The smallest absolute Gasteiger partial charge is 0.343 e. The van der Waals surface area contributed by atoms with Crippen LogP contribution in [0.15, 0.2) is 9.66 Å². The van der Waals surface area contributed by atoms with Gasteiger partial charge in [0.25, 0.3) is 0 Å². The van der Waals surface area contributed by atoms with E-state index in [4.69, 9.17) is 0 Å². The highest BCUT2D eigenvalue weighted by Crippen LogP contribution is 2.26. The Kier molecular flexibility index (Phi) is 5.52. The number of ether oxygens (including phenoxy) is 1. The van der Waals surface area contributed by atoms with Crippen molar-refractivity contribution < 1.29 is 9.53 Å². The second-order valence-electron chi connectivity index (χ2n) is 3.76. The Hall–Kier alpha value is -0.0600. The average Bonchev–Trinajstić information content (AvgIpc) is 2.45. The second kappa shape index (κ2) is 6.43. The molecule has 0 unspecified atom stereocenters. The third-order valence-electron chi connectivity index (χ3n) is 2.66. The van der Waals surface area contributed by atoms with Crippen LogP contribution in [0, 0.1) is 5.92 Å². The van der Waals surface area contributed by atoms with Crippen LogP contribution in [0.2, 0.25) is 0 Å². The van der Waals surface area contributed by atoms with Gasteiger partial charge in [-0.15, -0.1) is 0 Å². The Labute approximate surface area is 99.2 Å². The molecule has 0 bridgehead atoms. The lowest BCUT2D eigenvalue weighted by Crippen LogP contribution is -2.02. The monoisotopic (exact) mass is 308 g/mol. The molecule has 3 heteroatoms. The highest BCUT2D eigenvalue weighted by atomic mass is 127. The van der Waals surface area contributed by atoms with Gasteiger partial charge in [-0.2, -0.15) is 0 Å². The van der Waals surface area contributed by atoms with E-state index in [2.05, 4.69) is 33.4 Å². The van der Waals surface area contributed by atoms with E-state index in [1.165, 1.54) is 45.6 Å². The van der Waals surface area contributed by atoms with Crippen molar-refractivity contribution >= 4 is 28.6 Å². The van der Waals surface area contributed by atoms with Crippen LogP contribution < -0.4 is 0 Å². The van der Waals surface area contributed by atoms with Crippen LogP contribution in [0.1, 0.15) is 38.5 Å². The lowest BCUT2D eigenvalue weighted by atomic mass is 10.00. The van der Waals surface area contributed by atoms with Crippen LogP contribution in [0.5, 0.6) is 0 Å². The molecule has 0 amide bonds. The molecule has 14 heavy (non-hydrogen) atoms. The quantitative estimate of drug-likeness (QED) is 0.338. The topological polar surface area (TPSA) is 26.3 Å². The number of methoxy groups -OCH3 is 1. The van der Waals surface area contributed by atoms with Crippen molar-refractivity contribution in [1.29, 1.82) is 0 Å². The predicted molar refractivity (Wildman–Crippen MR) is 65.3 cm³/mol. The van der Waals surface area contributed by atoms with E-state index in [9.17, 15) is 4.79 Å². The third kappa shape index (κ3) is 3.98. The molecule has 2 nitrogen and oxygen atoms in total. The summed E-state index contributed by atoms with van der Waals surface area (Å²) >= 11 is 2.07. The van der Waals surface area contributed by atoms with E-state index in [0.29, 0.717) is 5.92 Å².